The van der Waals surface area contributed by atoms with Gasteiger partial charge in [0.15, 0.2) is 0 Å². The second-order valence-electron chi connectivity index (χ2n) is 9.27. The zero-order valence-electron chi connectivity index (χ0n) is 19.8. The molecule has 2 aromatic rings. The molecule has 0 atom stereocenters. The van der Waals surface area contributed by atoms with Crippen molar-refractivity contribution in [2.75, 3.05) is 19.6 Å². The summed E-state index contributed by atoms with van der Waals surface area (Å²) in [7, 11) is 0. The number of aliphatic hydroxyl groups is 1. The average molecular weight is 420 g/mol. The van der Waals surface area contributed by atoms with Crippen molar-refractivity contribution in [3.8, 4) is 0 Å². The first-order valence-corrected chi connectivity index (χ1v) is 11.3. The molecule has 1 aromatic carbocycles. The SMILES string of the molecule is C=N\C=C/C(=C\C)C(/C)=C/n1c2c(c3cc(C)ccc31)CCN(CCC(C)(C)O)CC2. The van der Waals surface area contributed by atoms with Gasteiger partial charge >= 0.3 is 0 Å². The quantitative estimate of drug-likeness (QED) is 0.473. The van der Waals surface area contributed by atoms with Crippen LogP contribution >= 0.6 is 0 Å². The van der Waals surface area contributed by atoms with E-state index in [2.05, 4.69) is 72.4 Å². The molecular formula is C27H37N3O. The summed E-state index contributed by atoms with van der Waals surface area (Å²) >= 11 is 0. The Morgan fingerprint density at radius 1 is 1.26 bits per heavy atom. The van der Waals surface area contributed by atoms with Gasteiger partial charge in [-0.3, -0.25) is 4.99 Å². The summed E-state index contributed by atoms with van der Waals surface area (Å²) in [4.78, 5) is 6.36. The lowest BCUT2D eigenvalue weighted by Crippen LogP contribution is -2.32. The minimum atomic E-state index is -0.616. The molecule has 0 spiro atoms. The van der Waals surface area contributed by atoms with Gasteiger partial charge in [0.25, 0.3) is 0 Å². The van der Waals surface area contributed by atoms with Crippen molar-refractivity contribution in [1.29, 1.82) is 0 Å². The van der Waals surface area contributed by atoms with E-state index in [1.54, 1.807) is 6.20 Å². The normalized spacial score (nSPS) is 16.7. The minimum absolute atomic E-state index is 0.616. The number of fused-ring (bicyclic) bond motifs is 3. The monoisotopic (exact) mass is 419 g/mol. The zero-order valence-corrected chi connectivity index (χ0v) is 19.8. The zero-order chi connectivity index (χ0) is 22.6. The van der Waals surface area contributed by atoms with Crippen LogP contribution in [0.25, 0.3) is 17.1 Å². The highest BCUT2D eigenvalue weighted by atomic mass is 16.3. The Kier molecular flexibility index (Phi) is 7.34. The van der Waals surface area contributed by atoms with E-state index in [-0.39, 0.29) is 0 Å². The van der Waals surface area contributed by atoms with Crippen LogP contribution < -0.4 is 0 Å². The summed E-state index contributed by atoms with van der Waals surface area (Å²) in [5.41, 5.74) is 7.19. The lowest BCUT2D eigenvalue weighted by molar-refractivity contribution is 0.0582. The standard InChI is InChI=1S/C27H37N3O/c1-7-22(10-14-28-6)21(3)19-30-25-9-8-20(2)18-24(25)23-11-15-29(16-12-26(23)30)17-13-27(4,5)31/h7-10,14,18-19,31H,6,11-13,15-17H2,1-5H3/b14-10-,21-19+,22-7+. The van der Waals surface area contributed by atoms with E-state index in [1.165, 1.54) is 33.3 Å². The van der Waals surface area contributed by atoms with Crippen LogP contribution in [0.5, 0.6) is 0 Å². The highest BCUT2D eigenvalue weighted by Crippen LogP contribution is 2.31. The molecule has 166 valence electrons. The maximum absolute atomic E-state index is 10.1. The maximum Gasteiger partial charge on any atom is 0.0603 e. The Labute approximate surface area is 187 Å². The molecule has 2 heterocycles. The number of allylic oxidation sites excluding steroid dienone is 4. The molecule has 0 radical (unpaired) electrons. The van der Waals surface area contributed by atoms with Crippen LogP contribution in [-0.2, 0) is 12.8 Å². The number of aryl methyl sites for hydroxylation is 1. The number of hydrogen-bond donors (Lipinski definition) is 1. The van der Waals surface area contributed by atoms with Crippen molar-refractivity contribution in [2.45, 2.75) is 59.5 Å². The van der Waals surface area contributed by atoms with E-state index in [9.17, 15) is 5.11 Å². The molecule has 1 aromatic heterocycles. The van der Waals surface area contributed by atoms with Crippen LogP contribution in [0.4, 0.5) is 0 Å². The Hall–Kier alpha value is -2.43. The Morgan fingerprint density at radius 2 is 2.00 bits per heavy atom. The summed E-state index contributed by atoms with van der Waals surface area (Å²) in [5.74, 6) is 0. The van der Waals surface area contributed by atoms with E-state index in [0.717, 1.165) is 44.5 Å². The van der Waals surface area contributed by atoms with Crippen LogP contribution in [0, 0.1) is 6.92 Å². The molecule has 4 nitrogen and oxygen atoms in total. The van der Waals surface area contributed by atoms with Crippen molar-refractivity contribution in [2.24, 2.45) is 4.99 Å². The predicted molar refractivity (Wildman–Crippen MR) is 134 cm³/mol. The number of aromatic nitrogens is 1. The molecule has 0 aliphatic carbocycles. The van der Waals surface area contributed by atoms with E-state index in [1.807, 2.05) is 19.9 Å². The van der Waals surface area contributed by atoms with Crippen LogP contribution in [-0.4, -0.2) is 46.5 Å². The average Bonchev–Trinajstić information content (AvgIpc) is 2.86. The van der Waals surface area contributed by atoms with E-state index >= 15 is 0 Å². The molecule has 31 heavy (non-hydrogen) atoms. The van der Waals surface area contributed by atoms with Gasteiger partial charge in [-0.05, 0) is 89.1 Å². The summed E-state index contributed by atoms with van der Waals surface area (Å²) in [6.07, 6.45) is 11.0. The molecule has 0 saturated heterocycles. The van der Waals surface area contributed by atoms with Gasteiger partial charge in [0, 0.05) is 49.5 Å². The molecule has 0 unspecified atom stereocenters. The predicted octanol–water partition coefficient (Wildman–Crippen LogP) is 5.53. The van der Waals surface area contributed by atoms with E-state index in [4.69, 9.17) is 0 Å². The second-order valence-corrected chi connectivity index (χ2v) is 9.27. The van der Waals surface area contributed by atoms with Gasteiger partial charge in [-0.15, -0.1) is 0 Å². The fourth-order valence-electron chi connectivity index (χ4n) is 4.40. The molecular weight excluding hydrogens is 382 g/mol. The molecule has 0 fully saturated rings. The fraction of sp³-hybridized carbons (Fsp3) is 0.444. The first-order chi connectivity index (χ1) is 14.7. The number of hydrogen-bond acceptors (Lipinski definition) is 3. The molecule has 0 amide bonds. The number of nitrogens with zero attached hydrogens (tertiary/aromatic N) is 3. The molecule has 1 aliphatic heterocycles. The first kappa shape index (κ1) is 23.2. The minimum Gasteiger partial charge on any atom is -0.390 e. The Balaban J connectivity index is 2.01. The third-order valence-corrected chi connectivity index (χ3v) is 6.21. The van der Waals surface area contributed by atoms with Crippen molar-refractivity contribution in [3.05, 3.63) is 64.5 Å². The second kappa shape index (κ2) is 9.80. The van der Waals surface area contributed by atoms with E-state index in [0.29, 0.717) is 0 Å². The van der Waals surface area contributed by atoms with Crippen molar-refractivity contribution >= 4 is 23.8 Å². The van der Waals surface area contributed by atoms with Crippen molar-refractivity contribution in [3.63, 3.8) is 0 Å². The van der Waals surface area contributed by atoms with Gasteiger partial charge in [-0.1, -0.05) is 17.7 Å². The Morgan fingerprint density at radius 3 is 2.68 bits per heavy atom. The van der Waals surface area contributed by atoms with Crippen LogP contribution in [0.1, 0.15) is 50.9 Å². The largest absolute Gasteiger partial charge is 0.390 e. The number of rotatable bonds is 7. The summed E-state index contributed by atoms with van der Waals surface area (Å²) in [6.45, 7) is 16.7. The van der Waals surface area contributed by atoms with Gasteiger partial charge in [-0.2, -0.15) is 0 Å². The van der Waals surface area contributed by atoms with Gasteiger partial charge in [0.1, 0.15) is 0 Å². The van der Waals surface area contributed by atoms with Crippen molar-refractivity contribution < 1.29 is 5.11 Å². The van der Waals surface area contributed by atoms with Gasteiger partial charge < -0.3 is 14.6 Å². The maximum atomic E-state index is 10.1. The van der Waals surface area contributed by atoms with Gasteiger partial charge in [0.05, 0.1) is 11.1 Å². The highest BCUT2D eigenvalue weighted by molar-refractivity contribution is 5.88. The first-order valence-electron chi connectivity index (χ1n) is 11.3. The number of benzene rings is 1. The molecule has 3 rings (SSSR count). The molecule has 0 bridgehead atoms. The fourth-order valence-corrected chi connectivity index (χ4v) is 4.40. The highest BCUT2D eigenvalue weighted by Gasteiger charge is 2.23. The lowest BCUT2D eigenvalue weighted by Gasteiger charge is -2.24. The van der Waals surface area contributed by atoms with E-state index < -0.39 is 5.60 Å². The molecule has 1 N–H and O–H groups in total. The van der Waals surface area contributed by atoms with Gasteiger partial charge in [-0.25, -0.2) is 0 Å². The molecule has 0 saturated carbocycles. The molecule has 1 aliphatic rings. The lowest BCUT2D eigenvalue weighted by atomic mass is 10.0. The summed E-state index contributed by atoms with van der Waals surface area (Å²) in [6, 6.07) is 6.79. The van der Waals surface area contributed by atoms with Crippen LogP contribution in [0.15, 0.2) is 52.7 Å². The topological polar surface area (TPSA) is 40.8 Å². The van der Waals surface area contributed by atoms with Crippen LogP contribution in [0.3, 0.4) is 0 Å². The Bertz CT molecular complexity index is 1030. The third-order valence-electron chi connectivity index (χ3n) is 6.21. The van der Waals surface area contributed by atoms with Crippen LogP contribution in [0.2, 0.25) is 0 Å². The molecule has 4 heteroatoms. The summed E-state index contributed by atoms with van der Waals surface area (Å²) < 4.78 is 2.40. The smallest absolute Gasteiger partial charge is 0.0603 e. The third kappa shape index (κ3) is 5.63. The summed E-state index contributed by atoms with van der Waals surface area (Å²) in [5, 5.41) is 11.5. The number of aliphatic imine (C=N–C) groups is 1. The van der Waals surface area contributed by atoms with Gasteiger partial charge in [0.2, 0.25) is 0 Å². The van der Waals surface area contributed by atoms with Crippen molar-refractivity contribution in [1.82, 2.24) is 9.47 Å².